The zero-order valence-corrected chi connectivity index (χ0v) is 10.9. The highest BCUT2D eigenvalue weighted by Crippen LogP contribution is 2.20. The zero-order valence-electron chi connectivity index (χ0n) is 10.1. The molecule has 0 spiro atoms. The Labute approximate surface area is 106 Å². The summed E-state index contributed by atoms with van der Waals surface area (Å²) in [6, 6.07) is 4.11. The van der Waals surface area contributed by atoms with Crippen molar-refractivity contribution in [3.8, 4) is 0 Å². The molecule has 2 N–H and O–H groups in total. The van der Waals surface area contributed by atoms with E-state index < -0.39 is 15.8 Å². The van der Waals surface area contributed by atoms with E-state index >= 15 is 0 Å². The van der Waals surface area contributed by atoms with Crippen LogP contribution in [0, 0.1) is 0 Å². The van der Waals surface area contributed by atoms with Crippen LogP contribution < -0.4 is 0 Å². The van der Waals surface area contributed by atoms with Crippen molar-refractivity contribution in [2.45, 2.75) is 24.7 Å². The van der Waals surface area contributed by atoms with Crippen LogP contribution in [0.1, 0.15) is 29.3 Å². The van der Waals surface area contributed by atoms with Crippen molar-refractivity contribution >= 4 is 15.8 Å². The third-order valence-electron chi connectivity index (χ3n) is 2.60. The Hall–Kier alpha value is -1.40. The monoisotopic (exact) mass is 272 g/mol. The van der Waals surface area contributed by atoms with Crippen LogP contribution in [0.5, 0.6) is 0 Å². The number of aryl methyl sites for hydroxylation is 1. The highest BCUT2D eigenvalue weighted by molar-refractivity contribution is 7.91. The first kappa shape index (κ1) is 14.7. The van der Waals surface area contributed by atoms with Gasteiger partial charge in [0.05, 0.1) is 16.2 Å². The lowest BCUT2D eigenvalue weighted by Gasteiger charge is -2.09. The van der Waals surface area contributed by atoms with Crippen LogP contribution in [-0.4, -0.2) is 37.0 Å². The maximum absolute atomic E-state index is 12.0. The van der Waals surface area contributed by atoms with Crippen molar-refractivity contribution < 1.29 is 23.4 Å². The van der Waals surface area contributed by atoms with Crippen molar-refractivity contribution in [3.63, 3.8) is 0 Å². The number of carboxylic acids is 1. The number of carboxylic acid groups (broad SMARTS) is 1. The predicted molar refractivity (Wildman–Crippen MR) is 66.5 cm³/mol. The fraction of sp³-hybridized carbons (Fsp3) is 0.417. The lowest BCUT2D eigenvalue weighted by atomic mass is 10.1. The molecule has 0 bridgehead atoms. The number of aromatic carboxylic acids is 1. The maximum Gasteiger partial charge on any atom is 0.335 e. The Morgan fingerprint density at radius 1 is 1.33 bits per heavy atom. The van der Waals surface area contributed by atoms with Gasteiger partial charge in [0.2, 0.25) is 0 Å². The molecule has 0 heterocycles. The van der Waals surface area contributed by atoms with Gasteiger partial charge in [0.25, 0.3) is 0 Å². The van der Waals surface area contributed by atoms with E-state index in [2.05, 4.69) is 0 Å². The quantitative estimate of drug-likeness (QED) is 0.809. The van der Waals surface area contributed by atoms with Crippen molar-refractivity contribution in [2.24, 2.45) is 0 Å². The average Bonchev–Trinajstić information content (AvgIpc) is 2.35. The standard InChI is InChI=1S/C12H16O5S/c1-2-9-4-5-10(12(14)15)8-11(9)18(16,17)7-3-6-13/h4-5,8,13H,2-3,6-7H2,1H3,(H,14,15). The number of hydrogen-bond donors (Lipinski definition) is 2. The number of aliphatic hydroxyl groups is 1. The van der Waals surface area contributed by atoms with Gasteiger partial charge in [-0.3, -0.25) is 0 Å². The Morgan fingerprint density at radius 2 is 2.00 bits per heavy atom. The molecular weight excluding hydrogens is 256 g/mol. The number of sulfone groups is 1. The average molecular weight is 272 g/mol. The van der Waals surface area contributed by atoms with E-state index in [0.717, 1.165) is 0 Å². The van der Waals surface area contributed by atoms with Crippen molar-refractivity contribution in [1.82, 2.24) is 0 Å². The van der Waals surface area contributed by atoms with E-state index in [1.807, 2.05) is 0 Å². The molecule has 0 aliphatic rings. The van der Waals surface area contributed by atoms with Crippen LogP contribution in [0.3, 0.4) is 0 Å². The third-order valence-corrected chi connectivity index (χ3v) is 4.48. The molecule has 0 atom stereocenters. The van der Waals surface area contributed by atoms with Gasteiger partial charge in [0.1, 0.15) is 0 Å². The minimum Gasteiger partial charge on any atom is -0.478 e. The van der Waals surface area contributed by atoms with Gasteiger partial charge < -0.3 is 10.2 Å². The highest BCUT2D eigenvalue weighted by Gasteiger charge is 2.19. The van der Waals surface area contributed by atoms with E-state index in [0.29, 0.717) is 12.0 Å². The summed E-state index contributed by atoms with van der Waals surface area (Å²) in [4.78, 5) is 10.9. The molecule has 18 heavy (non-hydrogen) atoms. The van der Waals surface area contributed by atoms with Gasteiger partial charge in [0.15, 0.2) is 9.84 Å². The molecule has 0 saturated heterocycles. The van der Waals surface area contributed by atoms with E-state index in [4.69, 9.17) is 10.2 Å². The van der Waals surface area contributed by atoms with Crippen LogP contribution in [0.2, 0.25) is 0 Å². The normalized spacial score (nSPS) is 11.4. The van der Waals surface area contributed by atoms with Crippen LogP contribution >= 0.6 is 0 Å². The lowest BCUT2D eigenvalue weighted by Crippen LogP contribution is -2.12. The summed E-state index contributed by atoms with van der Waals surface area (Å²) in [6.45, 7) is 1.60. The van der Waals surface area contributed by atoms with Crippen molar-refractivity contribution in [3.05, 3.63) is 29.3 Å². The van der Waals surface area contributed by atoms with Crippen molar-refractivity contribution in [2.75, 3.05) is 12.4 Å². The molecule has 0 aromatic heterocycles. The van der Waals surface area contributed by atoms with Gasteiger partial charge >= 0.3 is 5.97 Å². The summed E-state index contributed by atoms with van der Waals surface area (Å²) in [5, 5.41) is 17.6. The van der Waals surface area contributed by atoms with Gasteiger partial charge in [-0.05, 0) is 30.5 Å². The lowest BCUT2D eigenvalue weighted by molar-refractivity contribution is 0.0696. The van der Waals surface area contributed by atoms with E-state index in [9.17, 15) is 13.2 Å². The Kier molecular flexibility index (Phi) is 4.86. The third kappa shape index (κ3) is 3.30. The number of rotatable bonds is 6. The summed E-state index contributed by atoms with van der Waals surface area (Å²) in [5.41, 5.74) is 0.549. The predicted octanol–water partition coefficient (Wildman–Crippen LogP) is 1.10. The summed E-state index contributed by atoms with van der Waals surface area (Å²) >= 11 is 0. The van der Waals surface area contributed by atoms with E-state index in [-0.39, 0.29) is 29.2 Å². The smallest absolute Gasteiger partial charge is 0.335 e. The molecular formula is C12H16O5S. The van der Waals surface area contributed by atoms with Gasteiger partial charge in [-0.1, -0.05) is 13.0 Å². The number of carbonyl (C=O) groups is 1. The van der Waals surface area contributed by atoms with Crippen LogP contribution in [0.15, 0.2) is 23.1 Å². The molecule has 1 aromatic carbocycles. The first-order chi connectivity index (χ1) is 8.42. The van der Waals surface area contributed by atoms with Crippen LogP contribution in [0.25, 0.3) is 0 Å². The molecule has 0 amide bonds. The molecule has 0 fully saturated rings. The van der Waals surface area contributed by atoms with Gasteiger partial charge in [0, 0.05) is 6.61 Å². The molecule has 0 unspecified atom stereocenters. The summed E-state index contributed by atoms with van der Waals surface area (Å²) in [5.74, 6) is -1.34. The van der Waals surface area contributed by atoms with Crippen LogP contribution in [-0.2, 0) is 16.3 Å². The second-order valence-corrected chi connectivity index (χ2v) is 5.95. The molecule has 1 aromatic rings. The molecule has 1 rings (SSSR count). The van der Waals surface area contributed by atoms with Gasteiger partial charge in [-0.15, -0.1) is 0 Å². The summed E-state index contributed by atoms with van der Waals surface area (Å²) in [6.07, 6.45) is 0.649. The summed E-state index contributed by atoms with van der Waals surface area (Å²) in [7, 11) is -3.54. The van der Waals surface area contributed by atoms with Crippen molar-refractivity contribution in [1.29, 1.82) is 0 Å². The Bertz CT molecular complexity index is 533. The Balaban J connectivity index is 3.27. The number of benzene rings is 1. The first-order valence-corrected chi connectivity index (χ1v) is 7.27. The molecule has 0 aliphatic heterocycles. The van der Waals surface area contributed by atoms with E-state index in [1.54, 1.807) is 6.92 Å². The maximum atomic E-state index is 12.0. The second kappa shape index (κ2) is 5.97. The molecule has 0 saturated carbocycles. The largest absolute Gasteiger partial charge is 0.478 e. The minimum absolute atomic E-state index is 0.0465. The first-order valence-electron chi connectivity index (χ1n) is 5.62. The number of aliphatic hydroxyl groups excluding tert-OH is 1. The van der Waals surface area contributed by atoms with Crippen LogP contribution in [0.4, 0.5) is 0 Å². The zero-order chi connectivity index (χ0) is 13.8. The summed E-state index contributed by atoms with van der Waals surface area (Å²) < 4.78 is 24.1. The highest BCUT2D eigenvalue weighted by atomic mass is 32.2. The molecule has 6 heteroatoms. The molecule has 0 aliphatic carbocycles. The fourth-order valence-corrected chi connectivity index (χ4v) is 3.28. The number of hydrogen-bond acceptors (Lipinski definition) is 4. The van der Waals surface area contributed by atoms with Gasteiger partial charge in [-0.25, -0.2) is 13.2 Å². The van der Waals surface area contributed by atoms with Gasteiger partial charge in [-0.2, -0.15) is 0 Å². The van der Waals surface area contributed by atoms with E-state index in [1.165, 1.54) is 18.2 Å². The molecule has 0 radical (unpaired) electrons. The topological polar surface area (TPSA) is 91.7 Å². The Morgan fingerprint density at radius 3 is 2.50 bits per heavy atom. The fourth-order valence-electron chi connectivity index (χ4n) is 1.63. The molecule has 100 valence electrons. The SMILES string of the molecule is CCc1ccc(C(=O)O)cc1S(=O)(=O)CCCO. The second-order valence-electron chi connectivity index (χ2n) is 3.88. The molecule has 5 nitrogen and oxygen atoms in total. The minimum atomic E-state index is -3.54.